The number of benzene rings is 1. The molecule has 1 aromatic carbocycles. The Bertz CT molecular complexity index is 926. The molecule has 7 nitrogen and oxygen atoms in total. The molecule has 150 valence electrons. The quantitative estimate of drug-likeness (QED) is 0.559. The van der Waals surface area contributed by atoms with Gasteiger partial charge in [0.15, 0.2) is 6.61 Å². The van der Waals surface area contributed by atoms with Crippen molar-refractivity contribution in [3.63, 3.8) is 0 Å². The van der Waals surface area contributed by atoms with Crippen LogP contribution >= 0.6 is 0 Å². The highest BCUT2D eigenvalue weighted by atomic mass is 16.5. The van der Waals surface area contributed by atoms with Crippen molar-refractivity contribution >= 4 is 22.8 Å². The number of ether oxygens (including phenoxy) is 2. The second-order valence-corrected chi connectivity index (χ2v) is 6.96. The predicted molar refractivity (Wildman–Crippen MR) is 103 cm³/mol. The van der Waals surface area contributed by atoms with Gasteiger partial charge < -0.3 is 18.8 Å². The van der Waals surface area contributed by atoms with Crippen molar-refractivity contribution in [1.82, 2.24) is 4.90 Å². The molecular weight excluding hydrogens is 362 g/mol. The van der Waals surface area contributed by atoms with Crippen molar-refractivity contribution in [2.75, 3.05) is 26.8 Å². The van der Waals surface area contributed by atoms with Gasteiger partial charge in [-0.1, -0.05) is 0 Å². The zero-order valence-corrected chi connectivity index (χ0v) is 16.3. The van der Waals surface area contributed by atoms with Gasteiger partial charge in [-0.15, -0.1) is 0 Å². The average molecular weight is 387 g/mol. The lowest BCUT2D eigenvalue weighted by atomic mass is 10.0. The van der Waals surface area contributed by atoms with Crippen LogP contribution < -0.4 is 10.4 Å². The minimum absolute atomic E-state index is 0.0144. The van der Waals surface area contributed by atoms with E-state index in [1.807, 2.05) is 13.0 Å². The first kappa shape index (κ1) is 19.9. The molecular formula is C21H25NO6. The minimum Gasteiger partial charge on any atom is -0.497 e. The number of likely N-dealkylation sites (tertiary alicyclic amines) is 1. The van der Waals surface area contributed by atoms with E-state index in [-0.39, 0.29) is 25.4 Å². The van der Waals surface area contributed by atoms with Crippen LogP contribution in [0, 0.1) is 6.92 Å². The van der Waals surface area contributed by atoms with Crippen LogP contribution in [-0.2, 0) is 20.7 Å². The number of hydrogen-bond donors (Lipinski definition) is 0. The molecule has 0 unspecified atom stereocenters. The zero-order valence-electron chi connectivity index (χ0n) is 16.3. The number of carbonyl (C=O) groups is 2. The molecule has 0 saturated carbocycles. The molecule has 1 amide bonds. The highest BCUT2D eigenvalue weighted by Crippen LogP contribution is 2.24. The number of hydrogen-bond acceptors (Lipinski definition) is 6. The average Bonchev–Trinajstić information content (AvgIpc) is 2.71. The van der Waals surface area contributed by atoms with E-state index in [9.17, 15) is 14.4 Å². The Morgan fingerprint density at radius 1 is 1.18 bits per heavy atom. The fourth-order valence-corrected chi connectivity index (χ4v) is 3.47. The molecule has 0 N–H and O–H groups in total. The van der Waals surface area contributed by atoms with Crippen molar-refractivity contribution in [2.24, 2.45) is 0 Å². The zero-order chi connectivity index (χ0) is 20.1. The monoisotopic (exact) mass is 387 g/mol. The van der Waals surface area contributed by atoms with E-state index in [4.69, 9.17) is 13.9 Å². The molecule has 7 heteroatoms. The third kappa shape index (κ3) is 4.52. The smallest absolute Gasteiger partial charge is 0.339 e. The van der Waals surface area contributed by atoms with Gasteiger partial charge in [-0.05, 0) is 50.3 Å². The minimum atomic E-state index is -0.501. The van der Waals surface area contributed by atoms with Gasteiger partial charge in [0.1, 0.15) is 11.3 Å². The summed E-state index contributed by atoms with van der Waals surface area (Å²) in [6.07, 6.45) is 3.32. The Balaban J connectivity index is 1.60. The maximum Gasteiger partial charge on any atom is 0.339 e. The Kier molecular flexibility index (Phi) is 6.34. The third-order valence-electron chi connectivity index (χ3n) is 5.14. The van der Waals surface area contributed by atoms with Crippen molar-refractivity contribution in [3.05, 3.63) is 39.7 Å². The van der Waals surface area contributed by atoms with E-state index in [1.165, 1.54) is 0 Å². The summed E-state index contributed by atoms with van der Waals surface area (Å²) >= 11 is 0. The molecule has 28 heavy (non-hydrogen) atoms. The number of amides is 1. The molecule has 2 heterocycles. The third-order valence-corrected chi connectivity index (χ3v) is 5.14. The fraction of sp³-hybridized carbons (Fsp3) is 0.476. The molecule has 2 aromatic rings. The van der Waals surface area contributed by atoms with Gasteiger partial charge in [-0.25, -0.2) is 4.79 Å². The molecule has 0 bridgehead atoms. The summed E-state index contributed by atoms with van der Waals surface area (Å²) in [5.41, 5.74) is 1.18. The number of fused-ring (bicyclic) bond motifs is 1. The summed E-state index contributed by atoms with van der Waals surface area (Å²) < 4.78 is 15.6. The van der Waals surface area contributed by atoms with Crippen LogP contribution in [0.15, 0.2) is 27.4 Å². The number of piperidine rings is 1. The van der Waals surface area contributed by atoms with Gasteiger partial charge in [0.25, 0.3) is 5.91 Å². The number of rotatable bonds is 6. The molecule has 1 fully saturated rings. The first-order chi connectivity index (χ1) is 13.5. The van der Waals surface area contributed by atoms with Crippen LogP contribution in [0.5, 0.6) is 5.75 Å². The van der Waals surface area contributed by atoms with Gasteiger partial charge in [-0.2, -0.15) is 0 Å². The normalized spacial score (nSPS) is 14.1. The van der Waals surface area contributed by atoms with E-state index in [0.29, 0.717) is 16.9 Å². The van der Waals surface area contributed by atoms with Crippen LogP contribution in [0.1, 0.15) is 36.8 Å². The Hall–Kier alpha value is -2.83. The summed E-state index contributed by atoms with van der Waals surface area (Å²) in [5, 5.41) is 0.795. The Morgan fingerprint density at radius 3 is 2.64 bits per heavy atom. The maximum absolute atomic E-state index is 12.3. The highest BCUT2D eigenvalue weighted by Gasteiger charge is 2.19. The predicted octanol–water partition coefficient (Wildman–Crippen LogP) is 2.60. The van der Waals surface area contributed by atoms with Crippen molar-refractivity contribution in [1.29, 1.82) is 0 Å². The Labute approximate surface area is 163 Å². The fourth-order valence-electron chi connectivity index (χ4n) is 3.47. The van der Waals surface area contributed by atoms with Crippen LogP contribution in [0.2, 0.25) is 0 Å². The summed E-state index contributed by atoms with van der Waals surface area (Å²) in [6, 6.07) is 5.28. The van der Waals surface area contributed by atoms with Gasteiger partial charge in [0.2, 0.25) is 0 Å². The van der Waals surface area contributed by atoms with Crippen LogP contribution in [0.3, 0.4) is 0 Å². The topological polar surface area (TPSA) is 86.0 Å². The van der Waals surface area contributed by atoms with Gasteiger partial charge in [0, 0.05) is 36.5 Å². The lowest BCUT2D eigenvalue weighted by molar-refractivity contribution is -0.152. The standard InChI is InChI=1S/C21H25NO6/c1-14-16-7-6-15(26-2)12-18(16)28-21(25)17(14)8-9-20(24)27-13-19(23)22-10-4-3-5-11-22/h6-7,12H,3-5,8-11,13H2,1-2H3. The molecule has 1 aromatic heterocycles. The number of methoxy groups -OCH3 is 1. The van der Waals surface area contributed by atoms with Crippen LogP contribution in [0.4, 0.5) is 0 Å². The molecule has 0 aliphatic carbocycles. The molecule has 1 aliphatic rings. The van der Waals surface area contributed by atoms with Crippen LogP contribution in [0.25, 0.3) is 11.0 Å². The molecule has 0 radical (unpaired) electrons. The second kappa shape index (κ2) is 8.91. The summed E-state index contributed by atoms with van der Waals surface area (Å²) in [6.45, 7) is 3.02. The maximum atomic E-state index is 12.3. The second-order valence-electron chi connectivity index (χ2n) is 6.96. The van der Waals surface area contributed by atoms with E-state index in [1.54, 1.807) is 24.1 Å². The molecule has 3 rings (SSSR count). The van der Waals surface area contributed by atoms with E-state index >= 15 is 0 Å². The summed E-state index contributed by atoms with van der Waals surface area (Å²) in [7, 11) is 1.54. The van der Waals surface area contributed by atoms with E-state index in [0.717, 1.165) is 43.3 Å². The summed E-state index contributed by atoms with van der Waals surface area (Å²) in [5.74, 6) is -0.0628. The lowest BCUT2D eigenvalue weighted by Crippen LogP contribution is -2.38. The van der Waals surface area contributed by atoms with Crippen LogP contribution in [-0.4, -0.2) is 43.6 Å². The van der Waals surface area contributed by atoms with Crippen molar-refractivity contribution in [3.8, 4) is 5.75 Å². The van der Waals surface area contributed by atoms with Crippen molar-refractivity contribution < 1.29 is 23.5 Å². The SMILES string of the molecule is COc1ccc2c(C)c(CCC(=O)OCC(=O)N3CCCCC3)c(=O)oc2c1. The number of esters is 1. The molecule has 0 spiro atoms. The lowest BCUT2D eigenvalue weighted by Gasteiger charge is -2.26. The van der Waals surface area contributed by atoms with Crippen molar-refractivity contribution in [2.45, 2.75) is 39.0 Å². The Morgan fingerprint density at radius 2 is 1.93 bits per heavy atom. The molecule has 0 atom stereocenters. The van der Waals surface area contributed by atoms with E-state index < -0.39 is 11.6 Å². The first-order valence-electron chi connectivity index (χ1n) is 9.53. The molecule has 1 saturated heterocycles. The first-order valence-corrected chi connectivity index (χ1v) is 9.53. The largest absolute Gasteiger partial charge is 0.497 e. The van der Waals surface area contributed by atoms with E-state index in [2.05, 4.69) is 0 Å². The number of aryl methyl sites for hydroxylation is 1. The van der Waals surface area contributed by atoms with Gasteiger partial charge >= 0.3 is 11.6 Å². The highest BCUT2D eigenvalue weighted by molar-refractivity contribution is 5.83. The van der Waals surface area contributed by atoms with Gasteiger partial charge in [0.05, 0.1) is 7.11 Å². The van der Waals surface area contributed by atoms with Gasteiger partial charge in [-0.3, -0.25) is 9.59 Å². The number of carbonyl (C=O) groups excluding carboxylic acids is 2. The summed E-state index contributed by atoms with van der Waals surface area (Å²) in [4.78, 5) is 38.1. The number of nitrogens with zero attached hydrogens (tertiary/aromatic N) is 1. The molecule has 1 aliphatic heterocycles.